The summed E-state index contributed by atoms with van der Waals surface area (Å²) in [5, 5.41) is 9.44. The van der Waals surface area contributed by atoms with Crippen LogP contribution in [0.3, 0.4) is 0 Å². The Morgan fingerprint density at radius 1 is 1.53 bits per heavy atom. The van der Waals surface area contributed by atoms with Crippen molar-refractivity contribution < 1.29 is 4.79 Å². The molecule has 0 saturated heterocycles. The van der Waals surface area contributed by atoms with E-state index in [1.165, 1.54) is 6.20 Å². The van der Waals surface area contributed by atoms with E-state index in [2.05, 4.69) is 20.5 Å². The molecule has 1 amide bonds. The molecule has 17 heavy (non-hydrogen) atoms. The summed E-state index contributed by atoms with van der Waals surface area (Å²) in [4.78, 5) is 15.6. The second kappa shape index (κ2) is 4.42. The number of aromatic amines is 1. The molecule has 0 radical (unpaired) electrons. The lowest BCUT2D eigenvalue weighted by molar-refractivity contribution is 0.102. The quantitative estimate of drug-likeness (QED) is 0.706. The van der Waals surface area contributed by atoms with Crippen LogP contribution in [0.4, 0.5) is 11.4 Å². The van der Waals surface area contributed by atoms with E-state index in [-0.39, 0.29) is 5.69 Å². The number of H-pyrrole nitrogens is 1. The first-order valence-electron chi connectivity index (χ1n) is 4.81. The van der Waals surface area contributed by atoms with E-state index in [0.29, 0.717) is 22.2 Å². The van der Waals surface area contributed by atoms with Gasteiger partial charge in [0.2, 0.25) is 0 Å². The van der Waals surface area contributed by atoms with Crippen molar-refractivity contribution in [2.24, 2.45) is 0 Å². The van der Waals surface area contributed by atoms with Gasteiger partial charge in [-0.05, 0) is 19.1 Å². The standard InChI is InChI=1S/C10H10ClN5O/c1-5-8(12)9(16-15-5)10(17)14-6-2-3-7(11)13-4-6/h2-4H,12H2,1H3,(H,14,17)(H,15,16). The predicted octanol–water partition coefficient (Wildman–Crippen LogP) is 1.60. The number of amides is 1. The fraction of sp³-hybridized carbons (Fsp3) is 0.100. The first kappa shape index (κ1) is 11.4. The first-order chi connectivity index (χ1) is 8.08. The fourth-order valence-electron chi connectivity index (χ4n) is 1.25. The zero-order chi connectivity index (χ0) is 12.4. The van der Waals surface area contributed by atoms with Crippen LogP contribution in [0.25, 0.3) is 0 Å². The van der Waals surface area contributed by atoms with Gasteiger partial charge in [0, 0.05) is 0 Å². The third kappa shape index (κ3) is 2.36. The zero-order valence-corrected chi connectivity index (χ0v) is 9.75. The molecule has 7 heteroatoms. The third-order valence-electron chi connectivity index (χ3n) is 2.19. The molecule has 0 atom stereocenters. The van der Waals surface area contributed by atoms with Crippen LogP contribution in [0, 0.1) is 6.92 Å². The number of aromatic nitrogens is 3. The lowest BCUT2D eigenvalue weighted by atomic mass is 10.3. The van der Waals surface area contributed by atoms with E-state index in [9.17, 15) is 4.79 Å². The number of hydrogen-bond donors (Lipinski definition) is 3. The Balaban J connectivity index is 2.17. The molecule has 2 aromatic rings. The van der Waals surface area contributed by atoms with Gasteiger partial charge in [0.05, 0.1) is 23.3 Å². The van der Waals surface area contributed by atoms with Crippen LogP contribution in [0.2, 0.25) is 5.15 Å². The topological polar surface area (TPSA) is 96.7 Å². The summed E-state index contributed by atoms with van der Waals surface area (Å²) in [6, 6.07) is 3.22. The van der Waals surface area contributed by atoms with Crippen LogP contribution in [0.5, 0.6) is 0 Å². The van der Waals surface area contributed by atoms with E-state index in [1.54, 1.807) is 19.1 Å². The molecule has 0 saturated carbocycles. The van der Waals surface area contributed by atoms with Crippen LogP contribution in [0.1, 0.15) is 16.2 Å². The Morgan fingerprint density at radius 2 is 2.29 bits per heavy atom. The number of nitrogens with one attached hydrogen (secondary N) is 2. The van der Waals surface area contributed by atoms with Crippen LogP contribution in [-0.4, -0.2) is 21.1 Å². The molecule has 0 aliphatic heterocycles. The number of anilines is 2. The second-order valence-electron chi connectivity index (χ2n) is 3.43. The molecule has 0 spiro atoms. The van der Waals surface area contributed by atoms with Gasteiger partial charge in [-0.15, -0.1) is 0 Å². The number of aryl methyl sites for hydroxylation is 1. The zero-order valence-electron chi connectivity index (χ0n) is 8.99. The Hall–Kier alpha value is -2.08. The van der Waals surface area contributed by atoms with Crippen molar-refractivity contribution in [3.8, 4) is 0 Å². The summed E-state index contributed by atoms with van der Waals surface area (Å²) in [7, 11) is 0. The van der Waals surface area contributed by atoms with Crippen molar-refractivity contribution in [3.05, 3.63) is 34.9 Å². The molecule has 4 N–H and O–H groups in total. The largest absolute Gasteiger partial charge is 0.395 e. The van der Waals surface area contributed by atoms with Crippen molar-refractivity contribution in [2.45, 2.75) is 6.92 Å². The molecular weight excluding hydrogens is 242 g/mol. The molecule has 2 aromatic heterocycles. The summed E-state index contributed by atoms with van der Waals surface area (Å²) in [6.45, 7) is 1.74. The number of pyridine rings is 1. The normalized spacial score (nSPS) is 10.2. The van der Waals surface area contributed by atoms with E-state index in [4.69, 9.17) is 17.3 Å². The molecular formula is C10H10ClN5O. The van der Waals surface area contributed by atoms with Crippen molar-refractivity contribution >= 4 is 28.9 Å². The van der Waals surface area contributed by atoms with Crippen LogP contribution < -0.4 is 11.1 Å². The highest BCUT2D eigenvalue weighted by Gasteiger charge is 2.15. The Kier molecular flexibility index (Phi) is 2.97. The van der Waals surface area contributed by atoms with E-state index < -0.39 is 5.91 Å². The Labute approximate surface area is 102 Å². The van der Waals surface area contributed by atoms with Gasteiger partial charge in [0.1, 0.15) is 5.15 Å². The number of nitrogen functional groups attached to an aromatic ring is 1. The van der Waals surface area contributed by atoms with Crippen LogP contribution >= 0.6 is 11.6 Å². The Morgan fingerprint density at radius 3 is 2.82 bits per heavy atom. The van der Waals surface area contributed by atoms with Gasteiger partial charge in [0.25, 0.3) is 5.91 Å². The van der Waals surface area contributed by atoms with Gasteiger partial charge < -0.3 is 11.1 Å². The average molecular weight is 252 g/mol. The monoisotopic (exact) mass is 251 g/mol. The summed E-state index contributed by atoms with van der Waals surface area (Å²) in [6.07, 6.45) is 1.45. The predicted molar refractivity (Wildman–Crippen MR) is 64.9 cm³/mol. The smallest absolute Gasteiger partial charge is 0.278 e. The lowest BCUT2D eigenvalue weighted by Crippen LogP contribution is -2.14. The number of rotatable bonds is 2. The number of nitrogens with two attached hydrogens (primary N) is 1. The lowest BCUT2D eigenvalue weighted by Gasteiger charge is -2.02. The van der Waals surface area contributed by atoms with Crippen molar-refractivity contribution in [1.29, 1.82) is 0 Å². The Bertz CT molecular complexity index is 548. The van der Waals surface area contributed by atoms with Crippen molar-refractivity contribution in [2.75, 3.05) is 11.1 Å². The van der Waals surface area contributed by atoms with E-state index in [1.807, 2.05) is 0 Å². The number of carbonyl (C=O) groups is 1. The SMILES string of the molecule is Cc1[nH]nc(C(=O)Nc2ccc(Cl)nc2)c1N. The molecule has 0 aliphatic rings. The van der Waals surface area contributed by atoms with Crippen molar-refractivity contribution in [1.82, 2.24) is 15.2 Å². The molecule has 88 valence electrons. The molecule has 0 aliphatic carbocycles. The maximum atomic E-state index is 11.8. The molecule has 0 aromatic carbocycles. The number of halogens is 1. The first-order valence-corrected chi connectivity index (χ1v) is 5.19. The van der Waals surface area contributed by atoms with Gasteiger partial charge in [-0.3, -0.25) is 9.89 Å². The number of carbonyl (C=O) groups excluding carboxylic acids is 1. The average Bonchev–Trinajstić information content (AvgIpc) is 2.63. The van der Waals surface area contributed by atoms with Crippen LogP contribution in [-0.2, 0) is 0 Å². The summed E-state index contributed by atoms with van der Waals surface area (Å²) >= 11 is 5.63. The highest BCUT2D eigenvalue weighted by molar-refractivity contribution is 6.29. The fourth-order valence-corrected chi connectivity index (χ4v) is 1.36. The molecule has 2 rings (SSSR count). The minimum Gasteiger partial charge on any atom is -0.395 e. The number of hydrogen-bond acceptors (Lipinski definition) is 4. The minimum atomic E-state index is -0.393. The van der Waals surface area contributed by atoms with Crippen molar-refractivity contribution in [3.63, 3.8) is 0 Å². The summed E-state index contributed by atoms with van der Waals surface area (Å²) < 4.78 is 0. The van der Waals surface area contributed by atoms with Gasteiger partial charge in [0.15, 0.2) is 5.69 Å². The highest BCUT2D eigenvalue weighted by Crippen LogP contribution is 2.15. The molecule has 6 nitrogen and oxygen atoms in total. The van der Waals surface area contributed by atoms with E-state index in [0.717, 1.165) is 0 Å². The molecule has 0 fully saturated rings. The van der Waals surface area contributed by atoms with Gasteiger partial charge in [-0.1, -0.05) is 11.6 Å². The second-order valence-corrected chi connectivity index (χ2v) is 3.82. The molecule has 0 bridgehead atoms. The highest BCUT2D eigenvalue weighted by atomic mass is 35.5. The third-order valence-corrected chi connectivity index (χ3v) is 2.42. The maximum Gasteiger partial charge on any atom is 0.278 e. The molecule has 2 heterocycles. The summed E-state index contributed by atoms with van der Waals surface area (Å²) in [5.41, 5.74) is 7.38. The maximum absolute atomic E-state index is 11.8. The van der Waals surface area contributed by atoms with Gasteiger partial charge >= 0.3 is 0 Å². The minimum absolute atomic E-state index is 0.164. The number of nitrogens with zero attached hydrogens (tertiary/aromatic N) is 2. The molecule has 0 unspecified atom stereocenters. The van der Waals surface area contributed by atoms with E-state index >= 15 is 0 Å². The van der Waals surface area contributed by atoms with Gasteiger partial charge in [-0.25, -0.2) is 4.98 Å². The van der Waals surface area contributed by atoms with Gasteiger partial charge in [-0.2, -0.15) is 5.10 Å². The summed E-state index contributed by atoms with van der Waals surface area (Å²) in [5.74, 6) is -0.393. The van der Waals surface area contributed by atoms with Crippen LogP contribution in [0.15, 0.2) is 18.3 Å².